The van der Waals surface area contributed by atoms with Gasteiger partial charge in [0, 0.05) is 0 Å². The lowest BCUT2D eigenvalue weighted by Gasteiger charge is -2.21. The molecule has 0 nitrogen and oxygen atoms in total. The summed E-state index contributed by atoms with van der Waals surface area (Å²) in [5, 5.41) is 0. The summed E-state index contributed by atoms with van der Waals surface area (Å²) in [7, 11) is 0. The summed E-state index contributed by atoms with van der Waals surface area (Å²) in [6.07, 6.45) is 15.5. The van der Waals surface area contributed by atoms with Crippen LogP contribution in [0.2, 0.25) is 0 Å². The highest BCUT2D eigenvalue weighted by Gasteiger charge is 2.16. The first-order chi connectivity index (χ1) is 5.47. The highest BCUT2D eigenvalue weighted by Crippen LogP contribution is 2.32. The van der Waals surface area contributed by atoms with E-state index in [1.807, 2.05) is 0 Å². The molecule has 2 rings (SSSR count). The molecule has 11 heavy (non-hydrogen) atoms. The summed E-state index contributed by atoms with van der Waals surface area (Å²) < 4.78 is 0. The SMILES string of the molecule is C1=CC(C2CCCCC2)=CC1. The van der Waals surface area contributed by atoms with Crippen molar-refractivity contribution in [3.05, 3.63) is 23.8 Å². The Labute approximate surface area is 69.0 Å². The Morgan fingerprint density at radius 1 is 1.09 bits per heavy atom. The minimum Gasteiger partial charge on any atom is -0.0805 e. The van der Waals surface area contributed by atoms with Crippen LogP contribution in [0.3, 0.4) is 0 Å². The smallest absolute Gasteiger partial charge is 0.0160 e. The topological polar surface area (TPSA) is 0 Å². The molecule has 60 valence electrons. The van der Waals surface area contributed by atoms with Crippen LogP contribution in [-0.4, -0.2) is 0 Å². The lowest BCUT2D eigenvalue weighted by molar-refractivity contribution is 0.408. The van der Waals surface area contributed by atoms with Crippen LogP contribution in [0.15, 0.2) is 23.8 Å². The molecule has 0 saturated heterocycles. The molecule has 0 spiro atoms. The van der Waals surface area contributed by atoms with Gasteiger partial charge in [-0.05, 0) is 30.8 Å². The van der Waals surface area contributed by atoms with Crippen molar-refractivity contribution in [1.82, 2.24) is 0 Å². The van der Waals surface area contributed by atoms with E-state index in [1.54, 1.807) is 5.57 Å². The number of hydrogen-bond acceptors (Lipinski definition) is 0. The fraction of sp³-hybridized carbons (Fsp3) is 0.636. The minimum atomic E-state index is 0.919. The highest BCUT2D eigenvalue weighted by atomic mass is 14.2. The molecule has 0 bridgehead atoms. The normalized spacial score (nSPS) is 25.6. The molecule has 0 aromatic carbocycles. The van der Waals surface area contributed by atoms with Gasteiger partial charge in [-0.3, -0.25) is 0 Å². The first-order valence-electron chi connectivity index (χ1n) is 4.83. The zero-order valence-electron chi connectivity index (χ0n) is 7.05. The van der Waals surface area contributed by atoms with Crippen LogP contribution < -0.4 is 0 Å². The van der Waals surface area contributed by atoms with Crippen molar-refractivity contribution in [2.45, 2.75) is 38.5 Å². The molecule has 0 radical (unpaired) electrons. The van der Waals surface area contributed by atoms with E-state index in [1.165, 1.54) is 38.5 Å². The van der Waals surface area contributed by atoms with Crippen LogP contribution in [-0.2, 0) is 0 Å². The molecule has 0 aliphatic heterocycles. The van der Waals surface area contributed by atoms with Crippen molar-refractivity contribution >= 4 is 0 Å². The van der Waals surface area contributed by atoms with E-state index in [-0.39, 0.29) is 0 Å². The third-order valence-corrected chi connectivity index (χ3v) is 2.88. The van der Waals surface area contributed by atoms with E-state index in [9.17, 15) is 0 Å². The lowest BCUT2D eigenvalue weighted by Crippen LogP contribution is -2.06. The third-order valence-electron chi connectivity index (χ3n) is 2.88. The van der Waals surface area contributed by atoms with Gasteiger partial charge in [0.25, 0.3) is 0 Å². The first-order valence-corrected chi connectivity index (χ1v) is 4.83. The molecular weight excluding hydrogens is 132 g/mol. The Kier molecular flexibility index (Phi) is 2.11. The zero-order chi connectivity index (χ0) is 7.52. The summed E-state index contributed by atoms with van der Waals surface area (Å²) in [4.78, 5) is 0. The van der Waals surface area contributed by atoms with Gasteiger partial charge in [-0.1, -0.05) is 37.5 Å². The highest BCUT2D eigenvalue weighted by molar-refractivity contribution is 5.28. The molecule has 0 aromatic heterocycles. The van der Waals surface area contributed by atoms with E-state index in [2.05, 4.69) is 18.2 Å². The monoisotopic (exact) mass is 148 g/mol. The van der Waals surface area contributed by atoms with Crippen molar-refractivity contribution in [1.29, 1.82) is 0 Å². The summed E-state index contributed by atoms with van der Waals surface area (Å²) in [5.41, 5.74) is 1.63. The second kappa shape index (κ2) is 3.25. The summed E-state index contributed by atoms with van der Waals surface area (Å²) in [6, 6.07) is 0. The van der Waals surface area contributed by atoms with Crippen molar-refractivity contribution < 1.29 is 0 Å². The van der Waals surface area contributed by atoms with E-state index in [4.69, 9.17) is 0 Å². The standard InChI is InChI=1S/C11H16/c1-2-6-10(7-3-1)11-8-4-5-9-11/h4,8-10H,1-3,5-7H2. The van der Waals surface area contributed by atoms with Gasteiger partial charge in [0.05, 0.1) is 0 Å². The largest absolute Gasteiger partial charge is 0.0805 e. The quantitative estimate of drug-likeness (QED) is 0.534. The maximum Gasteiger partial charge on any atom is -0.0160 e. The number of hydrogen-bond donors (Lipinski definition) is 0. The third kappa shape index (κ3) is 1.55. The summed E-state index contributed by atoms with van der Waals surface area (Å²) in [5.74, 6) is 0.919. The van der Waals surface area contributed by atoms with Gasteiger partial charge in [0.1, 0.15) is 0 Å². The minimum absolute atomic E-state index is 0.919. The molecule has 2 aliphatic carbocycles. The summed E-state index contributed by atoms with van der Waals surface area (Å²) >= 11 is 0. The first kappa shape index (κ1) is 7.15. The number of rotatable bonds is 1. The molecule has 0 atom stereocenters. The lowest BCUT2D eigenvalue weighted by atomic mass is 9.84. The van der Waals surface area contributed by atoms with E-state index in [0.717, 1.165) is 5.92 Å². The Hall–Kier alpha value is -0.520. The average molecular weight is 148 g/mol. The van der Waals surface area contributed by atoms with Gasteiger partial charge in [0.15, 0.2) is 0 Å². The van der Waals surface area contributed by atoms with Gasteiger partial charge in [-0.2, -0.15) is 0 Å². The molecule has 0 heterocycles. The Bertz CT molecular complexity index is 180. The van der Waals surface area contributed by atoms with Crippen LogP contribution in [0, 0.1) is 5.92 Å². The Morgan fingerprint density at radius 3 is 2.55 bits per heavy atom. The fourth-order valence-electron chi connectivity index (χ4n) is 2.21. The van der Waals surface area contributed by atoms with Crippen molar-refractivity contribution in [3.63, 3.8) is 0 Å². The van der Waals surface area contributed by atoms with E-state index in [0.29, 0.717) is 0 Å². The van der Waals surface area contributed by atoms with E-state index >= 15 is 0 Å². The van der Waals surface area contributed by atoms with Crippen molar-refractivity contribution in [2.24, 2.45) is 5.92 Å². The molecule has 0 aromatic rings. The second-order valence-electron chi connectivity index (χ2n) is 3.68. The Balaban J connectivity index is 1.97. The van der Waals surface area contributed by atoms with Crippen molar-refractivity contribution in [3.8, 4) is 0 Å². The number of allylic oxidation sites excluding steroid dienone is 4. The predicted molar refractivity (Wildman–Crippen MR) is 48.4 cm³/mol. The van der Waals surface area contributed by atoms with Gasteiger partial charge >= 0.3 is 0 Å². The molecule has 0 heteroatoms. The van der Waals surface area contributed by atoms with Crippen LogP contribution in [0.5, 0.6) is 0 Å². The zero-order valence-corrected chi connectivity index (χ0v) is 7.05. The van der Waals surface area contributed by atoms with Gasteiger partial charge < -0.3 is 0 Å². The maximum absolute atomic E-state index is 2.40. The predicted octanol–water partition coefficient (Wildman–Crippen LogP) is 3.45. The molecule has 0 unspecified atom stereocenters. The van der Waals surface area contributed by atoms with Gasteiger partial charge in [-0.15, -0.1) is 0 Å². The fourth-order valence-corrected chi connectivity index (χ4v) is 2.21. The maximum atomic E-state index is 2.40. The Morgan fingerprint density at radius 2 is 1.91 bits per heavy atom. The molecule has 0 amide bonds. The van der Waals surface area contributed by atoms with Gasteiger partial charge in [-0.25, -0.2) is 0 Å². The molecular formula is C11H16. The van der Waals surface area contributed by atoms with E-state index < -0.39 is 0 Å². The van der Waals surface area contributed by atoms with Crippen LogP contribution in [0.1, 0.15) is 38.5 Å². The van der Waals surface area contributed by atoms with Crippen molar-refractivity contribution in [2.75, 3.05) is 0 Å². The van der Waals surface area contributed by atoms with Crippen LogP contribution in [0.25, 0.3) is 0 Å². The molecule has 0 N–H and O–H groups in total. The van der Waals surface area contributed by atoms with Crippen LogP contribution in [0.4, 0.5) is 0 Å². The average Bonchev–Trinajstić information content (AvgIpc) is 2.58. The molecule has 1 saturated carbocycles. The van der Waals surface area contributed by atoms with Crippen LogP contribution >= 0.6 is 0 Å². The van der Waals surface area contributed by atoms with Gasteiger partial charge in [0.2, 0.25) is 0 Å². The second-order valence-corrected chi connectivity index (χ2v) is 3.68. The summed E-state index contributed by atoms with van der Waals surface area (Å²) in [6.45, 7) is 0. The molecule has 1 fully saturated rings. The molecule has 2 aliphatic rings.